The first-order chi connectivity index (χ1) is 6.59. The van der Waals surface area contributed by atoms with Gasteiger partial charge in [0.1, 0.15) is 5.75 Å². The van der Waals surface area contributed by atoms with Crippen molar-refractivity contribution < 1.29 is 5.11 Å². The summed E-state index contributed by atoms with van der Waals surface area (Å²) in [5.41, 5.74) is 7.15. The molecule has 1 fully saturated rings. The summed E-state index contributed by atoms with van der Waals surface area (Å²) in [5, 5.41) is 9.79. The van der Waals surface area contributed by atoms with Crippen LogP contribution in [-0.2, 0) is 6.42 Å². The monoisotopic (exact) mass is 211 g/mol. The van der Waals surface area contributed by atoms with E-state index in [1.165, 1.54) is 0 Å². The number of halogens is 1. The molecule has 0 unspecified atom stereocenters. The summed E-state index contributed by atoms with van der Waals surface area (Å²) in [4.78, 5) is 0. The molecule has 2 nitrogen and oxygen atoms in total. The Hall–Kier alpha value is -0.730. The van der Waals surface area contributed by atoms with Crippen molar-refractivity contribution in [1.82, 2.24) is 0 Å². The topological polar surface area (TPSA) is 46.2 Å². The van der Waals surface area contributed by atoms with Crippen molar-refractivity contribution in [3.63, 3.8) is 0 Å². The number of aromatic hydroxyl groups is 1. The number of rotatable bonds is 3. The van der Waals surface area contributed by atoms with Crippen molar-refractivity contribution in [2.45, 2.75) is 31.2 Å². The Bertz CT molecular complexity index is 347. The number of hydrogen-bond donors (Lipinski definition) is 2. The van der Waals surface area contributed by atoms with Crippen LogP contribution in [0, 0.1) is 0 Å². The first-order valence-corrected chi connectivity index (χ1v) is 5.23. The maximum Gasteiger partial charge on any atom is 0.134 e. The molecule has 2 rings (SSSR count). The summed E-state index contributed by atoms with van der Waals surface area (Å²) < 4.78 is 0. The van der Waals surface area contributed by atoms with Crippen LogP contribution in [0.4, 0.5) is 0 Å². The summed E-state index contributed by atoms with van der Waals surface area (Å²) in [5.74, 6) is 0.158. The Morgan fingerprint density at radius 1 is 1.43 bits per heavy atom. The van der Waals surface area contributed by atoms with Gasteiger partial charge in [-0.25, -0.2) is 0 Å². The van der Waals surface area contributed by atoms with Crippen LogP contribution < -0.4 is 5.73 Å². The SMILES string of the molecule is NC1(CCc2ccc(Cl)c(O)c2)CC1. The molecule has 1 aromatic carbocycles. The fraction of sp³-hybridized carbons (Fsp3) is 0.455. The minimum Gasteiger partial charge on any atom is -0.506 e. The van der Waals surface area contributed by atoms with E-state index in [1.807, 2.05) is 6.07 Å². The Balaban J connectivity index is 1.99. The molecule has 0 radical (unpaired) electrons. The minimum absolute atomic E-state index is 0.0786. The second-order valence-electron chi connectivity index (χ2n) is 4.15. The molecule has 1 aromatic rings. The summed E-state index contributed by atoms with van der Waals surface area (Å²) >= 11 is 5.71. The lowest BCUT2D eigenvalue weighted by atomic mass is 10.0. The number of nitrogens with two attached hydrogens (primary N) is 1. The molecule has 76 valence electrons. The van der Waals surface area contributed by atoms with E-state index in [-0.39, 0.29) is 11.3 Å². The Labute approximate surface area is 88.7 Å². The largest absolute Gasteiger partial charge is 0.506 e. The molecular formula is C11H14ClNO. The highest BCUT2D eigenvalue weighted by atomic mass is 35.5. The molecule has 0 aliphatic heterocycles. The zero-order valence-electron chi connectivity index (χ0n) is 7.96. The van der Waals surface area contributed by atoms with Gasteiger partial charge >= 0.3 is 0 Å². The fourth-order valence-electron chi connectivity index (χ4n) is 1.52. The molecular weight excluding hydrogens is 198 g/mol. The van der Waals surface area contributed by atoms with Crippen LogP contribution >= 0.6 is 11.6 Å². The molecule has 1 aliphatic carbocycles. The lowest BCUT2D eigenvalue weighted by Gasteiger charge is -2.08. The third-order valence-electron chi connectivity index (χ3n) is 2.81. The first-order valence-electron chi connectivity index (χ1n) is 4.85. The van der Waals surface area contributed by atoms with Crippen LogP contribution in [0.1, 0.15) is 24.8 Å². The second kappa shape index (κ2) is 3.44. The Morgan fingerprint density at radius 3 is 2.71 bits per heavy atom. The molecule has 1 aliphatic rings. The van der Waals surface area contributed by atoms with Gasteiger partial charge in [0.2, 0.25) is 0 Å². The molecule has 0 bridgehead atoms. The normalized spacial score (nSPS) is 18.1. The highest BCUT2D eigenvalue weighted by Gasteiger charge is 2.37. The lowest BCUT2D eigenvalue weighted by molar-refractivity contribution is 0.474. The van der Waals surface area contributed by atoms with E-state index in [0.717, 1.165) is 31.2 Å². The first kappa shape index (κ1) is 9.81. The van der Waals surface area contributed by atoms with Gasteiger partial charge in [0.25, 0.3) is 0 Å². The van der Waals surface area contributed by atoms with Crippen molar-refractivity contribution in [3.8, 4) is 5.75 Å². The van der Waals surface area contributed by atoms with Crippen LogP contribution in [0.2, 0.25) is 5.02 Å². The van der Waals surface area contributed by atoms with Crippen molar-refractivity contribution in [2.75, 3.05) is 0 Å². The minimum atomic E-state index is 0.0786. The number of aryl methyl sites for hydroxylation is 1. The van der Waals surface area contributed by atoms with Crippen molar-refractivity contribution >= 4 is 11.6 Å². The quantitative estimate of drug-likeness (QED) is 0.807. The van der Waals surface area contributed by atoms with Crippen LogP contribution in [-0.4, -0.2) is 10.6 Å². The van der Waals surface area contributed by atoms with Gasteiger partial charge < -0.3 is 10.8 Å². The molecule has 0 aromatic heterocycles. The molecule has 0 saturated heterocycles. The molecule has 0 atom stereocenters. The smallest absolute Gasteiger partial charge is 0.134 e. The zero-order valence-corrected chi connectivity index (χ0v) is 8.72. The third kappa shape index (κ3) is 2.20. The Morgan fingerprint density at radius 2 is 2.14 bits per heavy atom. The van der Waals surface area contributed by atoms with Gasteiger partial charge in [0, 0.05) is 5.54 Å². The number of benzene rings is 1. The average molecular weight is 212 g/mol. The van der Waals surface area contributed by atoms with Gasteiger partial charge in [-0.1, -0.05) is 17.7 Å². The molecule has 0 heterocycles. The predicted octanol–water partition coefficient (Wildman–Crippen LogP) is 2.47. The van der Waals surface area contributed by atoms with E-state index in [4.69, 9.17) is 17.3 Å². The second-order valence-corrected chi connectivity index (χ2v) is 4.56. The van der Waals surface area contributed by atoms with E-state index < -0.39 is 0 Å². The van der Waals surface area contributed by atoms with Crippen LogP contribution in [0.15, 0.2) is 18.2 Å². The molecule has 1 saturated carbocycles. The molecule has 14 heavy (non-hydrogen) atoms. The van der Waals surface area contributed by atoms with Crippen molar-refractivity contribution in [3.05, 3.63) is 28.8 Å². The summed E-state index contributed by atoms with van der Waals surface area (Å²) in [6.45, 7) is 0. The molecule has 0 spiro atoms. The summed E-state index contributed by atoms with van der Waals surface area (Å²) in [7, 11) is 0. The molecule has 3 N–H and O–H groups in total. The van der Waals surface area contributed by atoms with Crippen LogP contribution in [0.3, 0.4) is 0 Å². The van der Waals surface area contributed by atoms with Crippen molar-refractivity contribution in [1.29, 1.82) is 0 Å². The van der Waals surface area contributed by atoms with E-state index in [1.54, 1.807) is 12.1 Å². The molecule has 0 amide bonds. The third-order valence-corrected chi connectivity index (χ3v) is 3.13. The fourth-order valence-corrected chi connectivity index (χ4v) is 1.64. The highest BCUT2D eigenvalue weighted by molar-refractivity contribution is 6.31. The van der Waals surface area contributed by atoms with Gasteiger partial charge in [0.15, 0.2) is 0 Å². The van der Waals surface area contributed by atoms with E-state index in [0.29, 0.717) is 5.02 Å². The van der Waals surface area contributed by atoms with Gasteiger partial charge in [-0.3, -0.25) is 0 Å². The highest BCUT2D eigenvalue weighted by Crippen LogP contribution is 2.37. The number of phenolic OH excluding ortho intramolecular Hbond substituents is 1. The summed E-state index contributed by atoms with van der Waals surface area (Å²) in [6, 6.07) is 5.38. The van der Waals surface area contributed by atoms with Gasteiger partial charge in [-0.15, -0.1) is 0 Å². The van der Waals surface area contributed by atoms with E-state index in [2.05, 4.69) is 0 Å². The maximum absolute atomic E-state index is 9.38. The van der Waals surface area contributed by atoms with Crippen LogP contribution in [0.5, 0.6) is 5.75 Å². The maximum atomic E-state index is 9.38. The van der Waals surface area contributed by atoms with E-state index in [9.17, 15) is 5.11 Å². The summed E-state index contributed by atoms with van der Waals surface area (Å²) in [6.07, 6.45) is 4.18. The standard InChI is InChI=1S/C11H14ClNO/c12-9-2-1-8(7-10(9)14)3-4-11(13)5-6-11/h1-2,7,14H,3-6,13H2. The van der Waals surface area contributed by atoms with Crippen molar-refractivity contribution in [2.24, 2.45) is 5.73 Å². The van der Waals surface area contributed by atoms with Crippen LogP contribution in [0.25, 0.3) is 0 Å². The van der Waals surface area contributed by atoms with Gasteiger partial charge in [-0.2, -0.15) is 0 Å². The van der Waals surface area contributed by atoms with E-state index >= 15 is 0 Å². The zero-order chi connectivity index (χ0) is 10.2. The Kier molecular flexibility index (Phi) is 2.41. The van der Waals surface area contributed by atoms with Gasteiger partial charge in [0.05, 0.1) is 5.02 Å². The average Bonchev–Trinajstić information content (AvgIpc) is 2.87. The number of hydrogen-bond acceptors (Lipinski definition) is 2. The predicted molar refractivity (Wildman–Crippen MR) is 57.6 cm³/mol. The number of phenols is 1. The molecule has 3 heteroatoms. The lowest BCUT2D eigenvalue weighted by Crippen LogP contribution is -2.22. The van der Waals surface area contributed by atoms with Gasteiger partial charge in [-0.05, 0) is 43.4 Å².